The molecule has 0 bridgehead atoms. The molecule has 0 aliphatic carbocycles. The summed E-state index contributed by atoms with van der Waals surface area (Å²) in [5.74, 6) is 0.827. The minimum atomic E-state index is -0.388. The Balaban J connectivity index is 1.59. The van der Waals surface area contributed by atoms with Crippen molar-refractivity contribution >= 4 is 23.4 Å². The van der Waals surface area contributed by atoms with Gasteiger partial charge in [0.15, 0.2) is 11.0 Å². The van der Waals surface area contributed by atoms with Crippen molar-refractivity contribution in [1.29, 1.82) is 5.26 Å². The van der Waals surface area contributed by atoms with Gasteiger partial charge in [-0.2, -0.15) is 5.26 Å². The SMILES string of the molecule is COc1ccccc1-c1nnc(SCC(=O)N(CCC#N)c2ccc(F)cc2)n1CCc1ccccc1. The van der Waals surface area contributed by atoms with Crippen molar-refractivity contribution in [2.75, 3.05) is 24.3 Å². The second kappa shape index (κ2) is 12.7. The molecule has 0 saturated heterocycles. The lowest BCUT2D eigenvalue weighted by Crippen LogP contribution is -2.33. The van der Waals surface area contributed by atoms with Gasteiger partial charge in [0.2, 0.25) is 5.91 Å². The van der Waals surface area contributed by atoms with Gasteiger partial charge in [0, 0.05) is 18.8 Å². The third kappa shape index (κ3) is 6.54. The molecule has 0 unspecified atom stereocenters. The van der Waals surface area contributed by atoms with E-state index >= 15 is 0 Å². The maximum Gasteiger partial charge on any atom is 0.237 e. The zero-order chi connectivity index (χ0) is 26.0. The van der Waals surface area contributed by atoms with E-state index in [-0.39, 0.29) is 30.4 Å². The number of para-hydroxylation sites is 1. The smallest absolute Gasteiger partial charge is 0.237 e. The predicted molar refractivity (Wildman–Crippen MR) is 142 cm³/mol. The third-order valence-corrected chi connectivity index (χ3v) is 6.69. The number of aryl methyl sites for hydroxylation is 1. The lowest BCUT2D eigenvalue weighted by Gasteiger charge is -2.21. The van der Waals surface area contributed by atoms with E-state index in [1.807, 2.05) is 47.0 Å². The van der Waals surface area contributed by atoms with Gasteiger partial charge in [-0.15, -0.1) is 10.2 Å². The lowest BCUT2D eigenvalue weighted by molar-refractivity contribution is -0.116. The summed E-state index contributed by atoms with van der Waals surface area (Å²) in [5.41, 5.74) is 2.53. The molecule has 188 valence electrons. The van der Waals surface area contributed by atoms with Crippen LogP contribution in [-0.4, -0.2) is 40.1 Å². The summed E-state index contributed by atoms with van der Waals surface area (Å²) in [7, 11) is 1.61. The molecule has 0 N–H and O–H groups in total. The van der Waals surface area contributed by atoms with Gasteiger partial charge in [0.1, 0.15) is 11.6 Å². The van der Waals surface area contributed by atoms with Crippen LogP contribution in [0, 0.1) is 17.1 Å². The number of amides is 1. The molecule has 7 nitrogen and oxygen atoms in total. The molecule has 3 aromatic carbocycles. The van der Waals surface area contributed by atoms with Gasteiger partial charge in [0.25, 0.3) is 0 Å². The van der Waals surface area contributed by atoms with Crippen molar-refractivity contribution in [3.8, 4) is 23.2 Å². The molecule has 0 radical (unpaired) electrons. The van der Waals surface area contributed by atoms with E-state index in [0.717, 1.165) is 12.0 Å². The van der Waals surface area contributed by atoms with Gasteiger partial charge < -0.3 is 14.2 Å². The molecule has 0 fully saturated rings. The molecule has 1 aromatic heterocycles. The molecule has 4 aromatic rings. The van der Waals surface area contributed by atoms with Gasteiger partial charge in [-0.3, -0.25) is 4.79 Å². The minimum absolute atomic E-state index is 0.0815. The number of hydrogen-bond acceptors (Lipinski definition) is 6. The third-order valence-electron chi connectivity index (χ3n) is 5.74. The predicted octanol–water partition coefficient (Wildman–Crippen LogP) is 5.37. The van der Waals surface area contributed by atoms with Crippen LogP contribution in [-0.2, 0) is 17.8 Å². The molecule has 4 rings (SSSR count). The van der Waals surface area contributed by atoms with E-state index in [1.165, 1.54) is 46.5 Å². The van der Waals surface area contributed by atoms with Gasteiger partial charge >= 0.3 is 0 Å². The highest BCUT2D eigenvalue weighted by molar-refractivity contribution is 7.99. The largest absolute Gasteiger partial charge is 0.496 e. The number of benzene rings is 3. The number of carbonyl (C=O) groups is 1. The zero-order valence-corrected chi connectivity index (χ0v) is 21.2. The normalized spacial score (nSPS) is 10.6. The van der Waals surface area contributed by atoms with E-state index in [0.29, 0.717) is 29.0 Å². The van der Waals surface area contributed by atoms with Gasteiger partial charge in [-0.1, -0.05) is 54.2 Å². The Morgan fingerprint density at radius 1 is 1.05 bits per heavy atom. The highest BCUT2D eigenvalue weighted by Crippen LogP contribution is 2.31. The van der Waals surface area contributed by atoms with E-state index in [4.69, 9.17) is 10.00 Å². The summed E-state index contributed by atoms with van der Waals surface area (Å²) < 4.78 is 21.0. The number of hydrogen-bond donors (Lipinski definition) is 0. The summed E-state index contributed by atoms with van der Waals surface area (Å²) in [6.45, 7) is 0.825. The molecule has 0 atom stereocenters. The molecule has 1 amide bonds. The Morgan fingerprint density at radius 3 is 2.51 bits per heavy atom. The molecule has 9 heteroatoms. The molecule has 0 saturated carbocycles. The van der Waals surface area contributed by atoms with E-state index < -0.39 is 0 Å². The monoisotopic (exact) mass is 515 g/mol. The number of aromatic nitrogens is 3. The number of carbonyl (C=O) groups excluding carboxylic acids is 1. The number of nitriles is 1. The Hall–Kier alpha value is -4.16. The summed E-state index contributed by atoms with van der Waals surface area (Å²) in [6, 6.07) is 25.5. The lowest BCUT2D eigenvalue weighted by atomic mass is 10.1. The van der Waals surface area contributed by atoms with E-state index in [9.17, 15) is 9.18 Å². The van der Waals surface area contributed by atoms with Crippen molar-refractivity contribution in [3.63, 3.8) is 0 Å². The van der Waals surface area contributed by atoms with Crippen LogP contribution in [0.3, 0.4) is 0 Å². The topological polar surface area (TPSA) is 84.0 Å². The van der Waals surface area contributed by atoms with Crippen LogP contribution in [0.2, 0.25) is 0 Å². The number of halogens is 1. The first-order valence-electron chi connectivity index (χ1n) is 11.8. The fraction of sp³-hybridized carbons (Fsp3) is 0.214. The molecular formula is C28H26FN5O2S. The number of ether oxygens (including phenoxy) is 1. The van der Waals surface area contributed by atoms with E-state index in [1.54, 1.807) is 7.11 Å². The molecule has 0 aliphatic rings. The maximum absolute atomic E-state index is 13.4. The molecular weight excluding hydrogens is 489 g/mol. The van der Waals surface area contributed by atoms with Crippen LogP contribution in [0.1, 0.15) is 12.0 Å². The number of methoxy groups -OCH3 is 1. The number of nitrogens with zero attached hydrogens (tertiary/aromatic N) is 5. The highest BCUT2D eigenvalue weighted by atomic mass is 32.2. The Kier molecular flexibility index (Phi) is 8.89. The van der Waals surface area contributed by atoms with Gasteiger partial charge in [-0.05, 0) is 48.4 Å². The zero-order valence-electron chi connectivity index (χ0n) is 20.4. The standard InChI is InChI=1S/C28H26FN5O2S/c1-36-25-11-6-5-10-24(25)27-31-32-28(34(27)19-16-21-8-3-2-4-9-21)37-20-26(35)33(18-7-17-30)23-14-12-22(29)13-15-23/h2-6,8-15H,7,16,18-20H2,1H3. The average Bonchev–Trinajstić information content (AvgIpc) is 3.34. The van der Waals surface area contributed by atoms with Crippen molar-refractivity contribution < 1.29 is 13.9 Å². The van der Waals surface area contributed by atoms with Crippen molar-refractivity contribution in [2.24, 2.45) is 0 Å². The summed E-state index contributed by atoms with van der Waals surface area (Å²) in [6.07, 6.45) is 0.922. The average molecular weight is 516 g/mol. The number of rotatable bonds is 11. The summed E-state index contributed by atoms with van der Waals surface area (Å²) >= 11 is 1.28. The quantitative estimate of drug-likeness (QED) is 0.250. The Bertz CT molecular complexity index is 1370. The number of anilines is 1. The molecule has 0 aliphatic heterocycles. The second-order valence-corrected chi connectivity index (χ2v) is 9.05. The van der Waals surface area contributed by atoms with Crippen LogP contribution < -0.4 is 9.64 Å². The highest BCUT2D eigenvalue weighted by Gasteiger charge is 2.21. The fourth-order valence-electron chi connectivity index (χ4n) is 3.90. The first-order chi connectivity index (χ1) is 18.1. The molecule has 0 spiro atoms. The van der Waals surface area contributed by atoms with Crippen LogP contribution in [0.5, 0.6) is 5.75 Å². The molecule has 37 heavy (non-hydrogen) atoms. The van der Waals surface area contributed by atoms with Crippen molar-refractivity contribution in [3.05, 3.63) is 90.2 Å². The van der Waals surface area contributed by atoms with Gasteiger partial charge in [-0.25, -0.2) is 4.39 Å². The fourth-order valence-corrected chi connectivity index (χ4v) is 4.74. The molecule has 1 heterocycles. The van der Waals surface area contributed by atoms with Crippen molar-refractivity contribution in [1.82, 2.24) is 14.8 Å². The second-order valence-electron chi connectivity index (χ2n) is 8.11. The first kappa shape index (κ1) is 25.9. The van der Waals surface area contributed by atoms with Gasteiger partial charge in [0.05, 0.1) is 30.9 Å². The van der Waals surface area contributed by atoms with Crippen LogP contribution in [0.25, 0.3) is 11.4 Å². The first-order valence-corrected chi connectivity index (χ1v) is 12.8. The minimum Gasteiger partial charge on any atom is -0.496 e. The maximum atomic E-state index is 13.4. The summed E-state index contributed by atoms with van der Waals surface area (Å²) in [5, 5.41) is 18.5. The van der Waals surface area contributed by atoms with Crippen LogP contribution >= 0.6 is 11.8 Å². The van der Waals surface area contributed by atoms with E-state index in [2.05, 4.69) is 28.4 Å². The Morgan fingerprint density at radius 2 is 1.78 bits per heavy atom. The Labute approximate surface area is 219 Å². The van der Waals surface area contributed by atoms with Crippen molar-refractivity contribution in [2.45, 2.75) is 24.5 Å². The van der Waals surface area contributed by atoms with Crippen LogP contribution in [0.15, 0.2) is 84.0 Å². The summed E-state index contributed by atoms with van der Waals surface area (Å²) in [4.78, 5) is 14.7. The number of thioether (sulfide) groups is 1. The van der Waals surface area contributed by atoms with Crippen LogP contribution in [0.4, 0.5) is 10.1 Å².